The lowest BCUT2D eigenvalue weighted by Gasteiger charge is -2.61. The SMILES string of the molecule is FC1CC2CC(Cl)CC3(C(F)(F)F)CCCC(Cl)(C1)C23. The Morgan fingerprint density at radius 3 is 2.40 bits per heavy atom. The monoisotopic (exact) mass is 332 g/mol. The Balaban J connectivity index is 2.07. The van der Waals surface area contributed by atoms with Gasteiger partial charge in [-0.05, 0) is 50.4 Å². The van der Waals surface area contributed by atoms with Crippen molar-refractivity contribution in [1.29, 1.82) is 0 Å². The minimum atomic E-state index is -4.31. The Kier molecular flexibility index (Phi) is 3.53. The molecule has 3 aliphatic carbocycles. The second kappa shape index (κ2) is 4.65. The Morgan fingerprint density at radius 2 is 1.75 bits per heavy atom. The van der Waals surface area contributed by atoms with Crippen LogP contribution in [0.15, 0.2) is 0 Å². The van der Waals surface area contributed by atoms with E-state index in [-0.39, 0.29) is 31.6 Å². The summed E-state index contributed by atoms with van der Waals surface area (Å²) >= 11 is 12.6. The molecule has 0 N–H and O–H groups in total. The Hall–Kier alpha value is 0.300. The number of rotatable bonds is 0. The minimum Gasteiger partial charge on any atom is -0.247 e. The van der Waals surface area contributed by atoms with Gasteiger partial charge in [-0.1, -0.05) is 6.42 Å². The number of hydrogen-bond donors (Lipinski definition) is 0. The van der Waals surface area contributed by atoms with Gasteiger partial charge in [-0.2, -0.15) is 13.2 Å². The molecule has 0 aliphatic heterocycles. The average molecular weight is 333 g/mol. The van der Waals surface area contributed by atoms with Gasteiger partial charge < -0.3 is 0 Å². The van der Waals surface area contributed by atoms with Gasteiger partial charge in [0.25, 0.3) is 0 Å². The minimum absolute atomic E-state index is 0.0561. The summed E-state index contributed by atoms with van der Waals surface area (Å²) in [7, 11) is 0. The summed E-state index contributed by atoms with van der Waals surface area (Å²) < 4.78 is 55.3. The van der Waals surface area contributed by atoms with Crippen molar-refractivity contribution in [3.63, 3.8) is 0 Å². The van der Waals surface area contributed by atoms with Crippen LogP contribution in [0.2, 0.25) is 0 Å². The van der Waals surface area contributed by atoms with Crippen molar-refractivity contribution in [3.8, 4) is 0 Å². The van der Waals surface area contributed by atoms with Crippen molar-refractivity contribution >= 4 is 23.2 Å². The van der Waals surface area contributed by atoms with Crippen LogP contribution in [0.5, 0.6) is 0 Å². The predicted octanol–water partition coefficient (Wildman–Crippen LogP) is 5.46. The molecule has 0 radical (unpaired) electrons. The van der Waals surface area contributed by atoms with E-state index in [0.29, 0.717) is 19.3 Å². The van der Waals surface area contributed by atoms with E-state index in [2.05, 4.69) is 0 Å². The third kappa shape index (κ3) is 2.08. The van der Waals surface area contributed by atoms with Crippen molar-refractivity contribution in [1.82, 2.24) is 0 Å². The molecule has 0 nitrogen and oxygen atoms in total. The largest absolute Gasteiger partial charge is 0.394 e. The molecule has 20 heavy (non-hydrogen) atoms. The van der Waals surface area contributed by atoms with Crippen LogP contribution in [0.4, 0.5) is 17.6 Å². The van der Waals surface area contributed by atoms with Gasteiger partial charge in [0.2, 0.25) is 0 Å². The Bertz CT molecular complexity index is 397. The van der Waals surface area contributed by atoms with E-state index in [1.807, 2.05) is 0 Å². The molecule has 3 aliphatic rings. The fourth-order valence-electron chi connectivity index (χ4n) is 5.22. The molecule has 6 unspecified atom stereocenters. The molecule has 6 atom stereocenters. The molecule has 3 fully saturated rings. The van der Waals surface area contributed by atoms with Crippen molar-refractivity contribution in [2.24, 2.45) is 17.3 Å². The first-order valence-electron chi connectivity index (χ1n) is 7.22. The summed E-state index contributed by atoms with van der Waals surface area (Å²) in [6.07, 6.45) is -3.80. The van der Waals surface area contributed by atoms with Crippen molar-refractivity contribution in [2.75, 3.05) is 0 Å². The van der Waals surface area contributed by atoms with Crippen LogP contribution in [0.1, 0.15) is 44.9 Å². The number of alkyl halides is 6. The molecular weight excluding hydrogens is 315 g/mol. The molecular formula is C14H18Cl2F4. The maximum atomic E-state index is 13.9. The van der Waals surface area contributed by atoms with Gasteiger partial charge in [-0.15, -0.1) is 23.2 Å². The smallest absolute Gasteiger partial charge is 0.247 e. The van der Waals surface area contributed by atoms with E-state index >= 15 is 0 Å². The highest BCUT2D eigenvalue weighted by atomic mass is 35.5. The summed E-state index contributed by atoms with van der Waals surface area (Å²) in [4.78, 5) is -1.03. The summed E-state index contributed by atoms with van der Waals surface area (Å²) in [5.74, 6) is -1.01. The van der Waals surface area contributed by atoms with Gasteiger partial charge in [0, 0.05) is 5.38 Å². The van der Waals surface area contributed by atoms with Gasteiger partial charge in [0.1, 0.15) is 6.17 Å². The molecule has 0 amide bonds. The molecule has 0 saturated heterocycles. The summed E-state index contributed by atoms with van der Waals surface area (Å²) in [5.41, 5.74) is -1.80. The molecule has 0 bridgehead atoms. The first-order chi connectivity index (χ1) is 9.18. The lowest BCUT2D eigenvalue weighted by Crippen LogP contribution is -2.63. The molecule has 3 rings (SSSR count). The Morgan fingerprint density at radius 1 is 1.05 bits per heavy atom. The van der Waals surface area contributed by atoms with Crippen LogP contribution < -0.4 is 0 Å². The van der Waals surface area contributed by atoms with E-state index < -0.39 is 33.9 Å². The standard InChI is InChI=1S/C14H18Cl2F4/c15-9-4-8-5-10(17)7-13(16)3-1-2-12(6-9,11(8)13)14(18,19)20/h8-11H,1-7H2. The van der Waals surface area contributed by atoms with Gasteiger partial charge in [-0.3, -0.25) is 0 Å². The molecule has 0 spiro atoms. The highest BCUT2D eigenvalue weighted by Gasteiger charge is 2.70. The maximum absolute atomic E-state index is 13.9. The van der Waals surface area contributed by atoms with Crippen molar-refractivity contribution in [3.05, 3.63) is 0 Å². The highest BCUT2D eigenvalue weighted by molar-refractivity contribution is 6.24. The molecule has 0 aromatic carbocycles. The Labute approximate surface area is 126 Å². The van der Waals surface area contributed by atoms with E-state index in [4.69, 9.17) is 23.2 Å². The number of hydrogen-bond acceptors (Lipinski definition) is 0. The quantitative estimate of drug-likeness (QED) is 0.408. The average Bonchev–Trinajstić information content (AvgIpc) is 2.24. The van der Waals surface area contributed by atoms with E-state index in [1.165, 1.54) is 0 Å². The lowest BCUT2D eigenvalue weighted by atomic mass is 9.48. The molecule has 0 aromatic heterocycles. The number of halogens is 6. The maximum Gasteiger partial charge on any atom is 0.394 e. The normalized spacial score (nSPS) is 52.5. The zero-order valence-corrected chi connectivity index (χ0v) is 12.5. The summed E-state index contributed by atoms with van der Waals surface area (Å²) in [6, 6.07) is 0. The molecule has 6 heteroatoms. The third-order valence-corrected chi connectivity index (χ3v) is 6.58. The second-order valence-corrected chi connectivity index (χ2v) is 8.22. The molecule has 3 saturated carbocycles. The molecule has 116 valence electrons. The highest BCUT2D eigenvalue weighted by Crippen LogP contribution is 2.68. The van der Waals surface area contributed by atoms with Crippen LogP contribution >= 0.6 is 23.2 Å². The fraction of sp³-hybridized carbons (Fsp3) is 1.00. The zero-order valence-electron chi connectivity index (χ0n) is 11.0. The predicted molar refractivity (Wildman–Crippen MR) is 70.9 cm³/mol. The summed E-state index contributed by atoms with van der Waals surface area (Å²) in [5, 5.41) is -0.526. The van der Waals surface area contributed by atoms with Crippen LogP contribution in [0.3, 0.4) is 0 Å². The van der Waals surface area contributed by atoms with Gasteiger partial charge in [0.15, 0.2) is 0 Å². The molecule has 0 aromatic rings. The van der Waals surface area contributed by atoms with Crippen molar-refractivity contribution in [2.45, 2.75) is 67.5 Å². The van der Waals surface area contributed by atoms with E-state index in [1.54, 1.807) is 0 Å². The molecule has 0 heterocycles. The topological polar surface area (TPSA) is 0 Å². The van der Waals surface area contributed by atoms with E-state index in [9.17, 15) is 17.6 Å². The van der Waals surface area contributed by atoms with E-state index in [0.717, 1.165) is 0 Å². The third-order valence-electron chi connectivity index (χ3n) is 5.67. The van der Waals surface area contributed by atoms with Crippen LogP contribution in [0, 0.1) is 17.3 Å². The van der Waals surface area contributed by atoms with Gasteiger partial charge >= 0.3 is 6.18 Å². The first-order valence-corrected chi connectivity index (χ1v) is 8.03. The van der Waals surface area contributed by atoms with Crippen LogP contribution in [-0.4, -0.2) is 22.6 Å². The first kappa shape index (κ1) is 15.2. The lowest BCUT2D eigenvalue weighted by molar-refractivity contribution is -0.280. The van der Waals surface area contributed by atoms with Gasteiger partial charge in [-0.25, -0.2) is 4.39 Å². The van der Waals surface area contributed by atoms with Crippen LogP contribution in [0.25, 0.3) is 0 Å². The summed E-state index contributed by atoms with van der Waals surface area (Å²) in [6.45, 7) is 0. The fourth-order valence-corrected chi connectivity index (χ4v) is 6.42. The second-order valence-electron chi connectivity index (χ2n) is 6.85. The van der Waals surface area contributed by atoms with Crippen molar-refractivity contribution < 1.29 is 17.6 Å². The van der Waals surface area contributed by atoms with Crippen LogP contribution in [-0.2, 0) is 0 Å². The zero-order chi connectivity index (χ0) is 14.8. The van der Waals surface area contributed by atoms with Gasteiger partial charge in [0.05, 0.1) is 10.3 Å².